The predicted octanol–water partition coefficient (Wildman–Crippen LogP) is 2.66. The van der Waals surface area contributed by atoms with Gasteiger partial charge in [0.25, 0.3) is 0 Å². The van der Waals surface area contributed by atoms with Crippen LogP contribution in [0.2, 0.25) is 0 Å². The van der Waals surface area contributed by atoms with Crippen LogP contribution in [0.1, 0.15) is 0 Å². The van der Waals surface area contributed by atoms with Crippen molar-refractivity contribution in [3.05, 3.63) is 34.9 Å². The topological polar surface area (TPSA) is 31.4 Å². The lowest BCUT2D eigenvalue weighted by molar-refractivity contribution is 0.158. The van der Waals surface area contributed by atoms with Crippen LogP contribution in [0.5, 0.6) is 0 Å². The Bertz CT molecular complexity index is 608. The highest BCUT2D eigenvalue weighted by Gasteiger charge is 2.13. The van der Waals surface area contributed by atoms with Crippen molar-refractivity contribution in [1.29, 1.82) is 0 Å². The van der Waals surface area contributed by atoms with Crippen molar-refractivity contribution in [1.82, 2.24) is 14.8 Å². The molecule has 0 radical (unpaired) electrons. The minimum absolute atomic E-state index is 0.933. The normalized spacial score (nSPS) is 17.2. The molecule has 0 unspecified atom stereocenters. The number of nitrogens with one attached hydrogen (secondary N) is 1. The minimum Gasteiger partial charge on any atom is -0.368 e. The summed E-state index contributed by atoms with van der Waals surface area (Å²) in [4.78, 5) is 9.37. The van der Waals surface area contributed by atoms with Gasteiger partial charge < -0.3 is 10.2 Å². The van der Waals surface area contributed by atoms with Crippen molar-refractivity contribution in [3.63, 3.8) is 0 Å². The zero-order chi connectivity index (χ0) is 14.7. The number of fused-ring (bicyclic) bond motifs is 1. The molecule has 21 heavy (non-hydrogen) atoms. The molecule has 5 heteroatoms. The van der Waals surface area contributed by atoms with Crippen molar-refractivity contribution in [2.75, 3.05) is 51.6 Å². The Labute approximate surface area is 134 Å². The van der Waals surface area contributed by atoms with Gasteiger partial charge in [-0.05, 0) is 19.2 Å². The van der Waals surface area contributed by atoms with E-state index in [0.29, 0.717) is 0 Å². The third-order valence-corrected chi connectivity index (χ3v) is 4.76. The monoisotopic (exact) mass is 348 g/mol. The molecule has 1 fully saturated rings. The van der Waals surface area contributed by atoms with Crippen LogP contribution in [0.15, 0.2) is 34.9 Å². The molecular formula is C16H21BrN4. The third kappa shape index (κ3) is 3.54. The first-order valence-corrected chi connectivity index (χ1v) is 8.21. The molecule has 1 N–H and O–H groups in total. The van der Waals surface area contributed by atoms with Crippen LogP contribution in [0.25, 0.3) is 10.8 Å². The first-order chi connectivity index (χ1) is 10.2. The van der Waals surface area contributed by atoms with Gasteiger partial charge >= 0.3 is 0 Å². The van der Waals surface area contributed by atoms with Gasteiger partial charge in [-0.25, -0.2) is 4.98 Å². The number of pyridine rings is 1. The van der Waals surface area contributed by atoms with Crippen LogP contribution in [0.4, 0.5) is 5.82 Å². The van der Waals surface area contributed by atoms with Crippen molar-refractivity contribution in [3.8, 4) is 0 Å². The fourth-order valence-electron chi connectivity index (χ4n) is 2.71. The van der Waals surface area contributed by atoms with E-state index in [-0.39, 0.29) is 0 Å². The molecule has 0 bridgehead atoms. The number of hydrogen-bond acceptors (Lipinski definition) is 4. The Morgan fingerprint density at radius 3 is 2.76 bits per heavy atom. The summed E-state index contributed by atoms with van der Waals surface area (Å²) in [5.41, 5.74) is 0. The molecular weight excluding hydrogens is 328 g/mol. The fourth-order valence-corrected chi connectivity index (χ4v) is 3.21. The van der Waals surface area contributed by atoms with E-state index in [1.807, 2.05) is 12.3 Å². The number of rotatable bonds is 4. The van der Waals surface area contributed by atoms with E-state index in [0.717, 1.165) is 36.5 Å². The molecule has 4 nitrogen and oxygen atoms in total. The van der Waals surface area contributed by atoms with Crippen LogP contribution in [-0.4, -0.2) is 61.1 Å². The highest BCUT2D eigenvalue weighted by atomic mass is 79.9. The van der Waals surface area contributed by atoms with E-state index < -0.39 is 0 Å². The second kappa shape index (κ2) is 6.73. The molecule has 0 saturated carbocycles. The van der Waals surface area contributed by atoms with Crippen LogP contribution in [0, 0.1) is 0 Å². The van der Waals surface area contributed by atoms with Crippen molar-refractivity contribution in [2.24, 2.45) is 0 Å². The van der Waals surface area contributed by atoms with E-state index in [1.54, 1.807) is 0 Å². The Hall–Kier alpha value is -1.17. The lowest BCUT2D eigenvalue weighted by Gasteiger charge is -2.32. The largest absolute Gasteiger partial charge is 0.368 e. The molecule has 0 spiro atoms. The lowest BCUT2D eigenvalue weighted by Crippen LogP contribution is -2.45. The quantitative estimate of drug-likeness (QED) is 0.920. The van der Waals surface area contributed by atoms with E-state index in [9.17, 15) is 0 Å². The Balaban J connectivity index is 1.62. The second-order valence-electron chi connectivity index (χ2n) is 5.57. The van der Waals surface area contributed by atoms with Crippen molar-refractivity contribution < 1.29 is 0 Å². The molecule has 0 atom stereocenters. The highest BCUT2D eigenvalue weighted by Crippen LogP contribution is 2.27. The van der Waals surface area contributed by atoms with E-state index in [1.165, 1.54) is 23.9 Å². The number of likely N-dealkylation sites (N-methyl/N-ethyl adjacent to an activating group) is 1. The number of aromatic nitrogens is 1. The molecule has 2 aromatic rings. The van der Waals surface area contributed by atoms with Crippen LogP contribution in [0.3, 0.4) is 0 Å². The summed E-state index contributed by atoms with van der Waals surface area (Å²) in [5, 5.41) is 5.86. The Morgan fingerprint density at radius 2 is 1.95 bits per heavy atom. The predicted molar refractivity (Wildman–Crippen MR) is 91.9 cm³/mol. The molecule has 3 rings (SSSR count). The van der Waals surface area contributed by atoms with Crippen LogP contribution >= 0.6 is 15.9 Å². The SMILES string of the molecule is CN1CCN(CCNc2nccc3c(Br)cccc23)CC1. The standard InChI is InChI=1S/C16H21BrN4/c1-20-9-11-21(12-10-20)8-7-19-16-14-3-2-4-15(17)13(14)5-6-18-16/h2-6H,7-12H2,1H3,(H,18,19). The van der Waals surface area contributed by atoms with Crippen LogP contribution < -0.4 is 5.32 Å². The number of nitrogens with zero attached hydrogens (tertiary/aromatic N) is 3. The Morgan fingerprint density at radius 1 is 1.14 bits per heavy atom. The van der Waals surface area contributed by atoms with E-state index >= 15 is 0 Å². The first-order valence-electron chi connectivity index (χ1n) is 7.42. The summed E-state index contributed by atoms with van der Waals surface area (Å²) in [6, 6.07) is 8.28. The molecule has 2 heterocycles. The maximum Gasteiger partial charge on any atom is 0.133 e. The average molecular weight is 349 g/mol. The number of piperazine rings is 1. The van der Waals surface area contributed by atoms with Gasteiger partial charge in [0.15, 0.2) is 0 Å². The molecule has 1 aliphatic heterocycles. The molecule has 1 aromatic heterocycles. The number of anilines is 1. The zero-order valence-electron chi connectivity index (χ0n) is 12.3. The first kappa shape index (κ1) is 14.8. The van der Waals surface area contributed by atoms with E-state index in [4.69, 9.17) is 0 Å². The van der Waals surface area contributed by atoms with Gasteiger partial charge in [0.05, 0.1) is 0 Å². The van der Waals surface area contributed by atoms with Crippen LogP contribution in [-0.2, 0) is 0 Å². The summed E-state index contributed by atoms with van der Waals surface area (Å²) in [6.07, 6.45) is 1.87. The maximum atomic E-state index is 4.48. The number of halogens is 1. The summed E-state index contributed by atoms with van der Waals surface area (Å²) in [7, 11) is 2.19. The smallest absolute Gasteiger partial charge is 0.133 e. The number of hydrogen-bond donors (Lipinski definition) is 1. The summed E-state index contributed by atoms with van der Waals surface area (Å²) in [6.45, 7) is 6.65. The second-order valence-corrected chi connectivity index (χ2v) is 6.42. The fraction of sp³-hybridized carbons (Fsp3) is 0.438. The third-order valence-electron chi connectivity index (χ3n) is 4.07. The van der Waals surface area contributed by atoms with Gasteiger partial charge in [0.2, 0.25) is 0 Å². The zero-order valence-corrected chi connectivity index (χ0v) is 13.9. The molecule has 1 saturated heterocycles. The average Bonchev–Trinajstić information content (AvgIpc) is 2.50. The van der Waals surface area contributed by atoms with Gasteiger partial charge in [-0.2, -0.15) is 0 Å². The van der Waals surface area contributed by atoms with Crippen molar-refractivity contribution >= 4 is 32.5 Å². The molecule has 1 aliphatic rings. The Kier molecular flexibility index (Phi) is 4.73. The number of benzene rings is 1. The van der Waals surface area contributed by atoms with Gasteiger partial charge in [-0.3, -0.25) is 4.90 Å². The summed E-state index contributed by atoms with van der Waals surface area (Å²) < 4.78 is 1.12. The molecule has 0 aliphatic carbocycles. The molecule has 1 aromatic carbocycles. The summed E-state index contributed by atoms with van der Waals surface area (Å²) >= 11 is 3.60. The van der Waals surface area contributed by atoms with Gasteiger partial charge in [-0.1, -0.05) is 28.1 Å². The highest BCUT2D eigenvalue weighted by molar-refractivity contribution is 9.10. The minimum atomic E-state index is 0.933. The van der Waals surface area contributed by atoms with Gasteiger partial charge in [0.1, 0.15) is 5.82 Å². The van der Waals surface area contributed by atoms with Gasteiger partial charge in [-0.15, -0.1) is 0 Å². The van der Waals surface area contributed by atoms with E-state index in [2.05, 4.69) is 61.3 Å². The van der Waals surface area contributed by atoms with Gasteiger partial charge in [0, 0.05) is 60.7 Å². The molecule has 0 amide bonds. The van der Waals surface area contributed by atoms with Crippen molar-refractivity contribution in [2.45, 2.75) is 0 Å². The summed E-state index contributed by atoms with van der Waals surface area (Å²) in [5.74, 6) is 0.975. The maximum absolute atomic E-state index is 4.48. The molecule has 112 valence electrons. The lowest BCUT2D eigenvalue weighted by atomic mass is 10.1.